The summed E-state index contributed by atoms with van der Waals surface area (Å²) in [6, 6.07) is 18.9. The molecule has 1 N–H and O–H groups in total. The van der Waals surface area contributed by atoms with Crippen LogP contribution in [0, 0.1) is 0 Å². The highest BCUT2D eigenvalue weighted by Crippen LogP contribution is 2.23. The Balaban J connectivity index is 1.25. The van der Waals surface area contributed by atoms with E-state index in [1.165, 1.54) is 0 Å². The lowest BCUT2D eigenvalue weighted by molar-refractivity contribution is -0.139. The van der Waals surface area contributed by atoms with E-state index in [4.69, 9.17) is 4.74 Å². The first kappa shape index (κ1) is 21.1. The first-order valence-electron chi connectivity index (χ1n) is 10.5. The molecule has 1 aromatic heterocycles. The number of amides is 2. The Morgan fingerprint density at radius 2 is 1.84 bits per heavy atom. The van der Waals surface area contributed by atoms with Crippen molar-refractivity contribution >= 4 is 23.2 Å². The second-order valence-electron chi connectivity index (χ2n) is 7.40. The van der Waals surface area contributed by atoms with E-state index < -0.39 is 6.04 Å². The molecule has 0 bridgehead atoms. The fourth-order valence-electron chi connectivity index (χ4n) is 3.65. The summed E-state index contributed by atoms with van der Waals surface area (Å²) in [4.78, 5) is 31.6. The molecule has 1 aliphatic rings. The smallest absolute Gasteiger partial charge is 0.261 e. The average Bonchev–Trinajstić information content (AvgIpc) is 3.49. The Bertz CT molecular complexity index is 1010. The van der Waals surface area contributed by atoms with Crippen LogP contribution in [0.1, 0.15) is 18.5 Å². The van der Waals surface area contributed by atoms with Crippen LogP contribution in [0.25, 0.3) is 10.6 Å². The number of aromatic nitrogens is 1. The van der Waals surface area contributed by atoms with Crippen molar-refractivity contribution in [1.29, 1.82) is 0 Å². The summed E-state index contributed by atoms with van der Waals surface area (Å²) in [5, 5.41) is 5.98. The summed E-state index contributed by atoms with van der Waals surface area (Å²) < 4.78 is 5.56. The fraction of sp³-hybridized carbons (Fsp3) is 0.292. The number of benzene rings is 2. The first-order chi connectivity index (χ1) is 15.2. The molecular weight excluding hydrogens is 410 g/mol. The van der Waals surface area contributed by atoms with Gasteiger partial charge in [0.25, 0.3) is 5.91 Å². The van der Waals surface area contributed by atoms with E-state index in [0.29, 0.717) is 31.7 Å². The third kappa shape index (κ3) is 5.49. The Labute approximate surface area is 185 Å². The molecule has 0 aliphatic carbocycles. The third-order valence-electron chi connectivity index (χ3n) is 5.23. The van der Waals surface area contributed by atoms with Crippen molar-refractivity contribution in [2.45, 2.75) is 25.3 Å². The van der Waals surface area contributed by atoms with E-state index in [2.05, 4.69) is 10.3 Å². The van der Waals surface area contributed by atoms with E-state index in [0.717, 1.165) is 22.7 Å². The van der Waals surface area contributed by atoms with Crippen molar-refractivity contribution in [3.05, 3.63) is 71.7 Å². The van der Waals surface area contributed by atoms with Gasteiger partial charge in [-0.15, -0.1) is 11.3 Å². The predicted octanol–water partition coefficient (Wildman–Crippen LogP) is 3.54. The maximum absolute atomic E-state index is 12.7. The molecule has 0 spiro atoms. The molecule has 31 heavy (non-hydrogen) atoms. The van der Waals surface area contributed by atoms with Crippen LogP contribution in [-0.2, 0) is 16.0 Å². The van der Waals surface area contributed by atoms with Gasteiger partial charge in [0, 0.05) is 30.5 Å². The number of rotatable bonds is 8. The SMILES string of the molecule is O=C(NCCc1csc(-c2ccccc2)n1)[C@H]1CCCN1C(=O)COc1ccccc1. The van der Waals surface area contributed by atoms with Gasteiger partial charge >= 0.3 is 0 Å². The Kier molecular flexibility index (Phi) is 6.94. The molecule has 1 aliphatic heterocycles. The monoisotopic (exact) mass is 435 g/mol. The summed E-state index contributed by atoms with van der Waals surface area (Å²) in [6.45, 7) is 1.02. The molecule has 7 heteroatoms. The molecule has 2 heterocycles. The van der Waals surface area contributed by atoms with E-state index in [1.807, 2.05) is 66.0 Å². The van der Waals surface area contributed by atoms with Gasteiger partial charge in [-0.1, -0.05) is 48.5 Å². The molecule has 0 radical (unpaired) electrons. The quantitative estimate of drug-likeness (QED) is 0.588. The molecule has 1 saturated heterocycles. The number of nitrogens with zero attached hydrogens (tertiary/aromatic N) is 2. The van der Waals surface area contributed by atoms with Crippen LogP contribution in [0.4, 0.5) is 0 Å². The molecule has 2 aromatic carbocycles. The van der Waals surface area contributed by atoms with Crippen LogP contribution in [0.5, 0.6) is 5.75 Å². The van der Waals surface area contributed by atoms with E-state index >= 15 is 0 Å². The molecule has 2 amide bonds. The maximum atomic E-state index is 12.7. The number of carbonyl (C=O) groups is 2. The van der Waals surface area contributed by atoms with E-state index in [1.54, 1.807) is 16.2 Å². The highest BCUT2D eigenvalue weighted by atomic mass is 32.1. The van der Waals surface area contributed by atoms with Gasteiger partial charge in [0.15, 0.2) is 6.61 Å². The van der Waals surface area contributed by atoms with E-state index in [9.17, 15) is 9.59 Å². The minimum absolute atomic E-state index is 0.0606. The average molecular weight is 436 g/mol. The summed E-state index contributed by atoms with van der Waals surface area (Å²) in [5.41, 5.74) is 2.06. The zero-order chi connectivity index (χ0) is 21.5. The van der Waals surface area contributed by atoms with E-state index in [-0.39, 0.29) is 18.4 Å². The molecule has 1 atom stereocenters. The van der Waals surface area contributed by atoms with Crippen LogP contribution < -0.4 is 10.1 Å². The zero-order valence-electron chi connectivity index (χ0n) is 17.2. The van der Waals surface area contributed by atoms with Gasteiger partial charge in [-0.25, -0.2) is 4.98 Å². The van der Waals surface area contributed by atoms with Crippen molar-refractivity contribution < 1.29 is 14.3 Å². The van der Waals surface area contributed by atoms with Gasteiger partial charge < -0.3 is 15.0 Å². The number of carbonyl (C=O) groups excluding carboxylic acids is 2. The van der Waals surface area contributed by atoms with Gasteiger partial charge in [-0.2, -0.15) is 0 Å². The largest absolute Gasteiger partial charge is 0.484 e. The number of likely N-dealkylation sites (tertiary alicyclic amines) is 1. The summed E-state index contributed by atoms with van der Waals surface area (Å²) in [7, 11) is 0. The molecule has 4 rings (SSSR count). The number of hydrogen-bond acceptors (Lipinski definition) is 5. The highest BCUT2D eigenvalue weighted by molar-refractivity contribution is 7.13. The molecule has 160 valence electrons. The number of thiazole rings is 1. The van der Waals surface area contributed by atoms with Gasteiger partial charge in [0.1, 0.15) is 16.8 Å². The minimum Gasteiger partial charge on any atom is -0.484 e. The van der Waals surface area contributed by atoms with Gasteiger partial charge in [-0.3, -0.25) is 9.59 Å². The lowest BCUT2D eigenvalue weighted by Crippen LogP contribution is -2.47. The highest BCUT2D eigenvalue weighted by Gasteiger charge is 2.33. The predicted molar refractivity (Wildman–Crippen MR) is 121 cm³/mol. The molecule has 1 fully saturated rings. The number of para-hydroxylation sites is 1. The van der Waals surface area contributed by atoms with Crippen molar-refractivity contribution in [2.24, 2.45) is 0 Å². The van der Waals surface area contributed by atoms with Crippen LogP contribution in [0.3, 0.4) is 0 Å². The zero-order valence-corrected chi connectivity index (χ0v) is 18.0. The lowest BCUT2D eigenvalue weighted by Gasteiger charge is -2.24. The van der Waals surface area contributed by atoms with Gasteiger partial charge in [0.2, 0.25) is 5.91 Å². The van der Waals surface area contributed by atoms with Crippen molar-refractivity contribution in [3.8, 4) is 16.3 Å². The van der Waals surface area contributed by atoms with Gasteiger partial charge in [-0.05, 0) is 25.0 Å². The van der Waals surface area contributed by atoms with Crippen LogP contribution in [0.2, 0.25) is 0 Å². The Hall–Kier alpha value is -3.19. The molecule has 0 unspecified atom stereocenters. The number of nitrogens with one attached hydrogen (secondary N) is 1. The van der Waals surface area contributed by atoms with Crippen molar-refractivity contribution in [1.82, 2.24) is 15.2 Å². The first-order valence-corrected chi connectivity index (χ1v) is 11.3. The third-order valence-corrected chi connectivity index (χ3v) is 6.17. The molecular formula is C24H25N3O3S. The topological polar surface area (TPSA) is 71.5 Å². The van der Waals surface area contributed by atoms with Crippen molar-refractivity contribution in [3.63, 3.8) is 0 Å². The second-order valence-corrected chi connectivity index (χ2v) is 8.26. The van der Waals surface area contributed by atoms with Gasteiger partial charge in [0.05, 0.1) is 5.69 Å². The number of hydrogen-bond donors (Lipinski definition) is 1. The molecule has 0 saturated carbocycles. The molecule has 6 nitrogen and oxygen atoms in total. The summed E-state index contributed by atoms with van der Waals surface area (Å²) in [6.07, 6.45) is 2.16. The van der Waals surface area contributed by atoms with Crippen LogP contribution in [-0.4, -0.2) is 47.4 Å². The van der Waals surface area contributed by atoms with Crippen molar-refractivity contribution in [2.75, 3.05) is 19.7 Å². The normalized spacial score (nSPS) is 15.6. The minimum atomic E-state index is -0.429. The van der Waals surface area contributed by atoms with Crippen LogP contribution in [0.15, 0.2) is 66.0 Å². The summed E-state index contributed by atoms with van der Waals surface area (Å²) in [5.74, 6) is 0.381. The van der Waals surface area contributed by atoms with Crippen LogP contribution >= 0.6 is 11.3 Å². The fourth-order valence-corrected chi connectivity index (χ4v) is 4.51. The maximum Gasteiger partial charge on any atom is 0.261 e. The Morgan fingerprint density at radius 1 is 1.10 bits per heavy atom. The molecule has 3 aromatic rings. The standard InChI is InChI=1S/C24H25N3O3S/c28-22(16-30-20-10-5-2-6-11-20)27-15-7-12-21(27)23(29)25-14-13-19-17-31-24(26-19)18-8-3-1-4-9-18/h1-6,8-11,17,21H,7,12-16H2,(H,25,29)/t21-/m1/s1. The summed E-state index contributed by atoms with van der Waals surface area (Å²) >= 11 is 1.60. The number of ether oxygens (including phenoxy) is 1. The second kappa shape index (κ2) is 10.2. The Morgan fingerprint density at radius 3 is 2.61 bits per heavy atom. The lowest BCUT2D eigenvalue weighted by atomic mass is 10.2.